The molecule has 1 radical (unpaired) electrons. The Morgan fingerprint density at radius 1 is 1.45 bits per heavy atom. The number of rotatable bonds is 5. The van der Waals surface area contributed by atoms with Crippen molar-refractivity contribution in [1.29, 1.82) is 0 Å². The number of nitrogens with zero attached hydrogens (tertiary/aromatic N) is 2. The van der Waals surface area contributed by atoms with Crippen molar-refractivity contribution in [3.63, 3.8) is 0 Å². The van der Waals surface area contributed by atoms with E-state index in [2.05, 4.69) is 31.2 Å². The van der Waals surface area contributed by atoms with Crippen LogP contribution < -0.4 is 5.43 Å². The molecule has 0 spiro atoms. The van der Waals surface area contributed by atoms with E-state index in [0.29, 0.717) is 6.04 Å². The quantitative estimate of drug-likeness (QED) is 0.553. The Balaban J connectivity index is 2.21. The third kappa shape index (κ3) is 2.80. The summed E-state index contributed by atoms with van der Waals surface area (Å²) in [6.45, 7) is 7.61. The standard InChI is InChI=1S/C9H19N2/c1-4-7-10-11(8(2)3)9-5-6-9/h8-9H,4-7H2,1-3H3. The highest BCUT2D eigenvalue weighted by Crippen LogP contribution is 2.27. The van der Waals surface area contributed by atoms with Gasteiger partial charge in [0, 0.05) is 18.6 Å². The Bertz CT molecular complexity index is 106. The Kier molecular flexibility index (Phi) is 3.34. The molecule has 0 saturated heterocycles. The van der Waals surface area contributed by atoms with E-state index in [4.69, 9.17) is 0 Å². The predicted molar refractivity (Wildman–Crippen MR) is 47.3 cm³/mol. The maximum absolute atomic E-state index is 4.54. The van der Waals surface area contributed by atoms with Gasteiger partial charge in [-0.15, -0.1) is 0 Å². The first-order valence-electron chi connectivity index (χ1n) is 4.71. The first kappa shape index (κ1) is 9.01. The SMILES string of the molecule is CCC[N]N(C(C)C)C1CC1. The lowest BCUT2D eigenvalue weighted by molar-refractivity contribution is 0.126. The van der Waals surface area contributed by atoms with Gasteiger partial charge in [-0.3, -0.25) is 0 Å². The van der Waals surface area contributed by atoms with Gasteiger partial charge in [-0.1, -0.05) is 6.92 Å². The van der Waals surface area contributed by atoms with Crippen LogP contribution in [-0.4, -0.2) is 23.6 Å². The highest BCUT2D eigenvalue weighted by atomic mass is 15.5. The summed E-state index contributed by atoms with van der Waals surface area (Å²) in [7, 11) is 0. The monoisotopic (exact) mass is 155 g/mol. The van der Waals surface area contributed by atoms with Crippen LogP contribution in [0.3, 0.4) is 0 Å². The Morgan fingerprint density at radius 3 is 2.45 bits per heavy atom. The van der Waals surface area contributed by atoms with E-state index in [1.807, 2.05) is 0 Å². The average molecular weight is 155 g/mol. The van der Waals surface area contributed by atoms with Gasteiger partial charge in [0.25, 0.3) is 0 Å². The highest BCUT2D eigenvalue weighted by Gasteiger charge is 2.30. The lowest BCUT2D eigenvalue weighted by Crippen LogP contribution is -2.39. The summed E-state index contributed by atoms with van der Waals surface area (Å²) in [5.74, 6) is 0. The molecule has 1 fully saturated rings. The van der Waals surface area contributed by atoms with Gasteiger partial charge in [0.05, 0.1) is 0 Å². The highest BCUT2D eigenvalue weighted by molar-refractivity contribution is 4.83. The molecule has 1 rings (SSSR count). The summed E-state index contributed by atoms with van der Waals surface area (Å²) < 4.78 is 0. The van der Waals surface area contributed by atoms with E-state index in [-0.39, 0.29) is 0 Å². The van der Waals surface area contributed by atoms with Crippen molar-refractivity contribution in [2.24, 2.45) is 0 Å². The second kappa shape index (κ2) is 4.07. The molecule has 0 unspecified atom stereocenters. The van der Waals surface area contributed by atoms with Crippen molar-refractivity contribution in [3.05, 3.63) is 0 Å². The van der Waals surface area contributed by atoms with E-state index in [1.54, 1.807) is 0 Å². The summed E-state index contributed by atoms with van der Waals surface area (Å²) in [6.07, 6.45) is 3.87. The topological polar surface area (TPSA) is 17.3 Å². The summed E-state index contributed by atoms with van der Waals surface area (Å²) in [6, 6.07) is 1.37. The third-order valence-electron chi connectivity index (χ3n) is 1.94. The molecule has 1 aliphatic rings. The zero-order chi connectivity index (χ0) is 8.27. The first-order valence-corrected chi connectivity index (χ1v) is 4.71. The van der Waals surface area contributed by atoms with Gasteiger partial charge in [0.1, 0.15) is 0 Å². The van der Waals surface area contributed by atoms with Crippen LogP contribution in [0.5, 0.6) is 0 Å². The fourth-order valence-corrected chi connectivity index (χ4v) is 1.25. The summed E-state index contributed by atoms with van der Waals surface area (Å²) in [5.41, 5.74) is 4.54. The number of hydrogen-bond acceptors (Lipinski definition) is 1. The predicted octanol–water partition coefficient (Wildman–Crippen LogP) is 1.79. The molecule has 2 heteroatoms. The molecule has 0 bridgehead atoms. The molecular weight excluding hydrogens is 136 g/mol. The van der Waals surface area contributed by atoms with Crippen LogP contribution in [0.1, 0.15) is 40.0 Å². The zero-order valence-electron chi connectivity index (χ0n) is 7.88. The summed E-state index contributed by atoms with van der Waals surface area (Å²) in [5, 5.41) is 2.28. The zero-order valence-corrected chi connectivity index (χ0v) is 7.88. The van der Waals surface area contributed by atoms with Crippen LogP contribution in [0.4, 0.5) is 0 Å². The Hall–Kier alpha value is -0.0800. The lowest BCUT2D eigenvalue weighted by atomic mass is 10.3. The van der Waals surface area contributed by atoms with Crippen molar-refractivity contribution in [2.75, 3.05) is 6.54 Å². The van der Waals surface area contributed by atoms with Crippen LogP contribution in [0.25, 0.3) is 0 Å². The minimum Gasteiger partial charge on any atom is -0.221 e. The second-order valence-corrected chi connectivity index (χ2v) is 3.57. The fourth-order valence-electron chi connectivity index (χ4n) is 1.25. The molecule has 11 heavy (non-hydrogen) atoms. The molecule has 0 amide bonds. The molecule has 0 atom stereocenters. The average Bonchev–Trinajstić information content (AvgIpc) is 2.71. The molecule has 1 saturated carbocycles. The van der Waals surface area contributed by atoms with Crippen molar-refractivity contribution in [2.45, 2.75) is 52.1 Å². The van der Waals surface area contributed by atoms with Gasteiger partial charge in [0.2, 0.25) is 0 Å². The van der Waals surface area contributed by atoms with Gasteiger partial charge in [-0.05, 0) is 33.1 Å². The number of hydrogen-bond donors (Lipinski definition) is 0. The molecule has 2 nitrogen and oxygen atoms in total. The molecule has 0 aromatic carbocycles. The Labute approximate surface area is 69.9 Å². The molecule has 0 aromatic heterocycles. The van der Waals surface area contributed by atoms with Gasteiger partial charge in [-0.25, -0.2) is 5.01 Å². The van der Waals surface area contributed by atoms with E-state index < -0.39 is 0 Å². The van der Waals surface area contributed by atoms with Crippen LogP contribution in [-0.2, 0) is 0 Å². The molecule has 0 heterocycles. The minimum absolute atomic E-state index is 0.592. The molecule has 1 aliphatic carbocycles. The van der Waals surface area contributed by atoms with Gasteiger partial charge < -0.3 is 0 Å². The van der Waals surface area contributed by atoms with E-state index in [9.17, 15) is 0 Å². The summed E-state index contributed by atoms with van der Waals surface area (Å²) in [4.78, 5) is 0. The van der Waals surface area contributed by atoms with E-state index in [1.165, 1.54) is 12.8 Å². The van der Waals surface area contributed by atoms with Crippen molar-refractivity contribution < 1.29 is 0 Å². The maximum atomic E-state index is 4.54. The van der Waals surface area contributed by atoms with Gasteiger partial charge in [0.15, 0.2) is 0 Å². The molecule has 0 aliphatic heterocycles. The normalized spacial score (nSPS) is 18.3. The van der Waals surface area contributed by atoms with Crippen LogP contribution in [0, 0.1) is 0 Å². The smallest absolute Gasteiger partial charge is 0.0304 e. The first-order chi connectivity index (χ1) is 5.25. The molecule has 0 N–H and O–H groups in total. The molecular formula is C9H19N2. The van der Waals surface area contributed by atoms with Crippen molar-refractivity contribution in [1.82, 2.24) is 10.4 Å². The van der Waals surface area contributed by atoms with Crippen LogP contribution in [0.15, 0.2) is 0 Å². The summed E-state index contributed by atoms with van der Waals surface area (Å²) >= 11 is 0. The van der Waals surface area contributed by atoms with Crippen LogP contribution >= 0.6 is 0 Å². The van der Waals surface area contributed by atoms with Gasteiger partial charge >= 0.3 is 0 Å². The van der Waals surface area contributed by atoms with Crippen LogP contribution in [0.2, 0.25) is 0 Å². The molecule has 65 valence electrons. The van der Waals surface area contributed by atoms with E-state index in [0.717, 1.165) is 19.0 Å². The maximum Gasteiger partial charge on any atom is 0.0304 e. The molecule has 0 aromatic rings. The Morgan fingerprint density at radius 2 is 2.09 bits per heavy atom. The van der Waals surface area contributed by atoms with E-state index >= 15 is 0 Å². The van der Waals surface area contributed by atoms with Crippen molar-refractivity contribution in [3.8, 4) is 0 Å². The van der Waals surface area contributed by atoms with Gasteiger partial charge in [-0.2, -0.15) is 5.43 Å². The van der Waals surface area contributed by atoms with Crippen molar-refractivity contribution >= 4 is 0 Å². The second-order valence-electron chi connectivity index (χ2n) is 3.57. The minimum atomic E-state index is 0.592. The largest absolute Gasteiger partial charge is 0.221 e. The third-order valence-corrected chi connectivity index (χ3v) is 1.94. The lowest BCUT2D eigenvalue weighted by Gasteiger charge is -2.24. The fraction of sp³-hybridized carbons (Fsp3) is 1.00.